The Labute approximate surface area is 152 Å². The molecule has 0 bridgehead atoms. The summed E-state index contributed by atoms with van der Waals surface area (Å²) in [5, 5.41) is 5.49. The van der Waals surface area contributed by atoms with Crippen molar-refractivity contribution in [3.05, 3.63) is 24.2 Å². The van der Waals surface area contributed by atoms with Crippen LogP contribution in [0.4, 0.5) is 4.79 Å². The number of amides is 4. The second-order valence-electron chi connectivity index (χ2n) is 7.45. The van der Waals surface area contributed by atoms with Gasteiger partial charge in [-0.05, 0) is 30.9 Å². The highest BCUT2D eigenvalue weighted by Crippen LogP contribution is 2.29. The topological polar surface area (TPSA) is 94.9 Å². The molecular formula is C18H26N4O4. The Morgan fingerprint density at radius 2 is 2.08 bits per heavy atom. The summed E-state index contributed by atoms with van der Waals surface area (Å²) in [6, 6.07) is 2.99. The standard InChI is InChI=1S/C18H26N4O4/c1-13(2)11-21-7-5-18(6-8-21)16(24)22(17(25)20-18)12-15(23)19-10-14-4-3-9-26-14/h3-4,9,13H,5-8,10-12H2,1-2H3,(H,19,23)(H,20,25). The van der Waals surface area contributed by atoms with Crippen LogP contribution >= 0.6 is 0 Å². The van der Waals surface area contributed by atoms with E-state index >= 15 is 0 Å². The summed E-state index contributed by atoms with van der Waals surface area (Å²) in [4.78, 5) is 40.5. The third kappa shape index (κ3) is 3.90. The average Bonchev–Trinajstić information content (AvgIpc) is 3.18. The summed E-state index contributed by atoms with van der Waals surface area (Å²) in [5.74, 6) is 0.496. The second-order valence-corrected chi connectivity index (χ2v) is 7.45. The minimum absolute atomic E-state index is 0.227. The van der Waals surface area contributed by atoms with Gasteiger partial charge >= 0.3 is 6.03 Å². The van der Waals surface area contributed by atoms with Crippen LogP contribution in [0.15, 0.2) is 22.8 Å². The fourth-order valence-corrected chi connectivity index (χ4v) is 3.59. The Bertz CT molecular complexity index is 663. The van der Waals surface area contributed by atoms with Crippen LogP contribution < -0.4 is 10.6 Å². The van der Waals surface area contributed by atoms with Crippen LogP contribution in [0.5, 0.6) is 0 Å². The van der Waals surface area contributed by atoms with Gasteiger partial charge in [-0.3, -0.25) is 14.5 Å². The first-order valence-electron chi connectivity index (χ1n) is 9.05. The Hall–Kier alpha value is -2.35. The molecule has 1 spiro atoms. The zero-order valence-electron chi connectivity index (χ0n) is 15.3. The normalized spacial score (nSPS) is 20.0. The zero-order valence-corrected chi connectivity index (χ0v) is 15.3. The number of piperidine rings is 1. The fraction of sp³-hybridized carbons (Fsp3) is 0.611. The van der Waals surface area contributed by atoms with Crippen molar-refractivity contribution in [2.75, 3.05) is 26.2 Å². The lowest BCUT2D eigenvalue weighted by atomic mass is 9.87. The van der Waals surface area contributed by atoms with E-state index in [4.69, 9.17) is 4.42 Å². The van der Waals surface area contributed by atoms with Crippen molar-refractivity contribution >= 4 is 17.8 Å². The number of imide groups is 1. The monoisotopic (exact) mass is 362 g/mol. The van der Waals surface area contributed by atoms with E-state index in [9.17, 15) is 14.4 Å². The van der Waals surface area contributed by atoms with Gasteiger partial charge in [0.05, 0.1) is 12.8 Å². The van der Waals surface area contributed by atoms with Gasteiger partial charge in [0.1, 0.15) is 17.8 Å². The molecule has 0 unspecified atom stereocenters. The summed E-state index contributed by atoms with van der Waals surface area (Å²) in [6.45, 7) is 6.79. The third-order valence-electron chi connectivity index (χ3n) is 4.92. The van der Waals surface area contributed by atoms with Gasteiger partial charge in [-0.15, -0.1) is 0 Å². The molecule has 2 aliphatic heterocycles. The lowest BCUT2D eigenvalue weighted by Crippen LogP contribution is -2.55. The maximum Gasteiger partial charge on any atom is 0.325 e. The van der Waals surface area contributed by atoms with Crippen molar-refractivity contribution in [3.63, 3.8) is 0 Å². The van der Waals surface area contributed by atoms with Gasteiger partial charge in [-0.25, -0.2) is 4.79 Å². The molecule has 1 aromatic rings. The first-order valence-corrected chi connectivity index (χ1v) is 9.05. The van der Waals surface area contributed by atoms with Crippen molar-refractivity contribution in [2.45, 2.75) is 38.8 Å². The maximum absolute atomic E-state index is 12.8. The lowest BCUT2D eigenvalue weighted by molar-refractivity contribution is -0.136. The number of carbonyl (C=O) groups excluding carboxylic acids is 3. The molecule has 8 heteroatoms. The molecule has 26 heavy (non-hydrogen) atoms. The van der Waals surface area contributed by atoms with Crippen LogP contribution in [0.2, 0.25) is 0 Å². The minimum Gasteiger partial charge on any atom is -0.467 e. The van der Waals surface area contributed by atoms with Gasteiger partial charge in [0.25, 0.3) is 5.91 Å². The summed E-state index contributed by atoms with van der Waals surface area (Å²) in [7, 11) is 0. The second kappa shape index (κ2) is 7.49. The minimum atomic E-state index is -0.855. The van der Waals surface area contributed by atoms with Gasteiger partial charge in [-0.2, -0.15) is 0 Å². The molecule has 1 aromatic heterocycles. The molecule has 2 N–H and O–H groups in total. The van der Waals surface area contributed by atoms with E-state index in [1.807, 2.05) is 0 Å². The number of furan rings is 1. The maximum atomic E-state index is 12.8. The Morgan fingerprint density at radius 3 is 2.69 bits per heavy atom. The fourth-order valence-electron chi connectivity index (χ4n) is 3.59. The number of hydrogen-bond donors (Lipinski definition) is 2. The number of likely N-dealkylation sites (tertiary alicyclic amines) is 1. The van der Waals surface area contributed by atoms with Crippen molar-refractivity contribution < 1.29 is 18.8 Å². The van der Waals surface area contributed by atoms with Gasteiger partial charge in [-0.1, -0.05) is 13.8 Å². The van der Waals surface area contributed by atoms with E-state index in [1.54, 1.807) is 12.1 Å². The molecule has 0 saturated carbocycles. The van der Waals surface area contributed by atoms with Crippen LogP contribution in [-0.2, 0) is 16.1 Å². The molecule has 4 amide bonds. The highest BCUT2D eigenvalue weighted by atomic mass is 16.3. The van der Waals surface area contributed by atoms with Crippen LogP contribution in [0.3, 0.4) is 0 Å². The van der Waals surface area contributed by atoms with E-state index in [1.165, 1.54) is 6.26 Å². The molecule has 3 heterocycles. The average molecular weight is 362 g/mol. The van der Waals surface area contributed by atoms with Crippen molar-refractivity contribution in [3.8, 4) is 0 Å². The third-order valence-corrected chi connectivity index (χ3v) is 4.92. The van der Waals surface area contributed by atoms with Gasteiger partial charge in [0.2, 0.25) is 5.91 Å². The number of rotatable bonds is 6. The molecule has 0 atom stereocenters. The molecule has 2 aliphatic rings. The summed E-state index contributed by atoms with van der Waals surface area (Å²) in [6.07, 6.45) is 2.68. The smallest absolute Gasteiger partial charge is 0.325 e. The SMILES string of the molecule is CC(C)CN1CCC2(CC1)NC(=O)N(CC(=O)NCc1ccco1)C2=O. The summed E-state index contributed by atoms with van der Waals surface area (Å²) >= 11 is 0. The molecule has 8 nitrogen and oxygen atoms in total. The van der Waals surface area contributed by atoms with Gasteiger partial charge in [0.15, 0.2) is 0 Å². The van der Waals surface area contributed by atoms with E-state index in [2.05, 4.69) is 29.4 Å². The quantitative estimate of drug-likeness (QED) is 0.735. The molecule has 3 rings (SSSR count). The highest BCUT2D eigenvalue weighted by molar-refractivity contribution is 6.09. The number of carbonyl (C=O) groups is 3. The zero-order chi connectivity index (χ0) is 18.7. The molecule has 142 valence electrons. The summed E-state index contributed by atoms with van der Waals surface area (Å²) in [5.41, 5.74) is -0.855. The molecule has 0 aromatic carbocycles. The highest BCUT2D eigenvalue weighted by Gasteiger charge is 2.52. The van der Waals surface area contributed by atoms with E-state index < -0.39 is 11.6 Å². The molecule has 0 radical (unpaired) electrons. The van der Waals surface area contributed by atoms with Gasteiger partial charge in [0, 0.05) is 19.6 Å². The van der Waals surface area contributed by atoms with Crippen molar-refractivity contribution in [2.24, 2.45) is 5.92 Å². The first-order chi connectivity index (χ1) is 12.4. The molecular weight excluding hydrogens is 336 g/mol. The largest absolute Gasteiger partial charge is 0.467 e. The number of nitrogens with zero attached hydrogens (tertiary/aromatic N) is 2. The number of urea groups is 1. The van der Waals surface area contributed by atoms with Crippen LogP contribution in [0.25, 0.3) is 0 Å². The van der Waals surface area contributed by atoms with E-state index in [0.717, 1.165) is 24.5 Å². The van der Waals surface area contributed by atoms with E-state index in [-0.39, 0.29) is 24.9 Å². The first kappa shape index (κ1) is 18.4. The van der Waals surface area contributed by atoms with Crippen LogP contribution in [0.1, 0.15) is 32.4 Å². The van der Waals surface area contributed by atoms with Gasteiger partial charge < -0.3 is 20.0 Å². The summed E-state index contributed by atoms with van der Waals surface area (Å²) < 4.78 is 5.14. The molecule has 2 fully saturated rings. The predicted octanol–water partition coefficient (Wildman–Crippen LogP) is 0.938. The van der Waals surface area contributed by atoms with Crippen molar-refractivity contribution in [1.82, 2.24) is 20.4 Å². The number of hydrogen-bond acceptors (Lipinski definition) is 5. The Balaban J connectivity index is 1.54. The number of nitrogens with one attached hydrogen (secondary N) is 2. The Morgan fingerprint density at radius 1 is 1.35 bits per heavy atom. The van der Waals surface area contributed by atoms with E-state index in [0.29, 0.717) is 24.5 Å². The molecule has 0 aliphatic carbocycles. The van der Waals surface area contributed by atoms with Crippen LogP contribution in [0, 0.1) is 5.92 Å². The predicted molar refractivity (Wildman–Crippen MR) is 94.0 cm³/mol. The lowest BCUT2D eigenvalue weighted by Gasteiger charge is -2.37. The Kier molecular flexibility index (Phi) is 5.31. The van der Waals surface area contributed by atoms with Crippen molar-refractivity contribution in [1.29, 1.82) is 0 Å². The molecule has 2 saturated heterocycles. The van der Waals surface area contributed by atoms with Crippen LogP contribution in [-0.4, -0.2) is 59.4 Å².